The Balaban J connectivity index is 1.67. The molecule has 0 radical (unpaired) electrons. The first-order valence-electron chi connectivity index (χ1n) is 9.76. The molecule has 3 heterocycles. The Hall–Kier alpha value is -2.94. The molecule has 1 atom stereocenters. The number of carbonyl (C=O) groups excluding carboxylic acids is 1. The molecule has 1 amide bonds. The Morgan fingerprint density at radius 3 is 2.67 bits per heavy atom. The smallest absolute Gasteiger partial charge is 0.333 e. The van der Waals surface area contributed by atoms with Crippen molar-refractivity contribution in [2.24, 2.45) is 0 Å². The van der Waals surface area contributed by atoms with Gasteiger partial charge in [0.15, 0.2) is 0 Å². The van der Waals surface area contributed by atoms with Gasteiger partial charge in [0.2, 0.25) is 5.89 Å². The van der Waals surface area contributed by atoms with Crippen molar-refractivity contribution in [1.82, 2.24) is 14.9 Å². The van der Waals surface area contributed by atoms with Crippen molar-refractivity contribution in [1.29, 1.82) is 0 Å². The van der Waals surface area contributed by atoms with E-state index in [1.165, 1.54) is 0 Å². The summed E-state index contributed by atoms with van der Waals surface area (Å²) in [5, 5.41) is 0. The van der Waals surface area contributed by atoms with E-state index >= 15 is 0 Å². The fourth-order valence-corrected chi connectivity index (χ4v) is 4.20. The largest absolute Gasteiger partial charge is 0.442 e. The van der Waals surface area contributed by atoms with Crippen molar-refractivity contribution in [2.45, 2.75) is 43.5 Å². The van der Waals surface area contributed by atoms with Gasteiger partial charge in [-0.15, -0.1) is 3.89 Å². The van der Waals surface area contributed by atoms with Gasteiger partial charge in [0.05, 0.1) is 0 Å². The van der Waals surface area contributed by atoms with E-state index in [1.807, 2.05) is 44.2 Å². The van der Waals surface area contributed by atoms with E-state index in [2.05, 4.69) is 4.98 Å². The Kier molecular flexibility index (Phi) is 5.23. The molecular formula is C21H22FN3O4S. The molecule has 0 bridgehead atoms. The summed E-state index contributed by atoms with van der Waals surface area (Å²) in [6, 6.07) is 10.4. The van der Waals surface area contributed by atoms with Crippen molar-refractivity contribution in [2.75, 3.05) is 6.54 Å². The second kappa shape index (κ2) is 7.71. The normalized spacial score (nSPS) is 17.1. The third-order valence-corrected chi connectivity index (χ3v) is 6.01. The lowest BCUT2D eigenvalue weighted by atomic mass is 10.0. The molecule has 1 N–H and O–H groups in total. The Bertz CT molecular complexity index is 1170. The van der Waals surface area contributed by atoms with Crippen LogP contribution in [-0.2, 0) is 10.2 Å². The van der Waals surface area contributed by atoms with Crippen LogP contribution in [0.15, 0.2) is 51.9 Å². The fourth-order valence-electron chi connectivity index (χ4n) is 3.75. The van der Waals surface area contributed by atoms with Crippen LogP contribution in [0.1, 0.15) is 60.8 Å². The maximum Gasteiger partial charge on any atom is 0.333 e. The van der Waals surface area contributed by atoms with Crippen molar-refractivity contribution in [3.05, 3.63) is 59.9 Å². The highest BCUT2D eigenvalue weighted by atomic mass is 32.3. The lowest BCUT2D eigenvalue weighted by Crippen LogP contribution is -2.31. The summed E-state index contributed by atoms with van der Waals surface area (Å²) in [6.45, 7) is 4.51. The zero-order valence-corrected chi connectivity index (χ0v) is 17.4. The minimum atomic E-state index is -4.88. The average molecular weight is 431 g/mol. The predicted molar refractivity (Wildman–Crippen MR) is 108 cm³/mol. The lowest BCUT2D eigenvalue weighted by Gasteiger charge is -2.21. The number of benzene rings is 1. The van der Waals surface area contributed by atoms with Gasteiger partial charge in [0.1, 0.15) is 28.1 Å². The summed E-state index contributed by atoms with van der Waals surface area (Å²) in [5.41, 5.74) is 1.71. The molecule has 4 rings (SSSR count). The predicted octanol–water partition coefficient (Wildman–Crippen LogP) is 4.43. The number of aromatic amines is 1. The van der Waals surface area contributed by atoms with Crippen LogP contribution < -0.4 is 0 Å². The molecule has 1 aliphatic rings. The summed E-state index contributed by atoms with van der Waals surface area (Å²) in [6.07, 6.45) is 2.40. The minimum Gasteiger partial charge on any atom is -0.442 e. The number of hydrogen-bond acceptors (Lipinski definition) is 5. The second-order valence-electron chi connectivity index (χ2n) is 7.63. The van der Waals surface area contributed by atoms with Gasteiger partial charge in [0.25, 0.3) is 5.91 Å². The van der Waals surface area contributed by atoms with Gasteiger partial charge in [-0.25, -0.2) is 4.98 Å². The topological polar surface area (TPSA) is 96.3 Å². The van der Waals surface area contributed by atoms with Gasteiger partial charge >= 0.3 is 10.2 Å². The van der Waals surface area contributed by atoms with Crippen LogP contribution in [0.5, 0.6) is 0 Å². The highest BCUT2D eigenvalue weighted by molar-refractivity contribution is 7.86. The van der Waals surface area contributed by atoms with E-state index in [4.69, 9.17) is 9.40 Å². The first-order valence-corrected chi connectivity index (χ1v) is 11.1. The molecule has 0 saturated carbocycles. The van der Waals surface area contributed by atoms with Crippen LogP contribution in [-0.4, -0.2) is 35.7 Å². The quantitative estimate of drug-likeness (QED) is 0.603. The van der Waals surface area contributed by atoms with E-state index in [-0.39, 0.29) is 17.7 Å². The number of amides is 1. The number of hydrogen-bond donors (Lipinski definition) is 1. The maximum absolute atomic E-state index is 13.2. The highest BCUT2D eigenvalue weighted by Crippen LogP contribution is 2.37. The van der Waals surface area contributed by atoms with Crippen LogP contribution in [0.3, 0.4) is 0 Å². The van der Waals surface area contributed by atoms with E-state index in [9.17, 15) is 17.1 Å². The number of nitrogens with zero attached hydrogens (tertiary/aromatic N) is 2. The monoisotopic (exact) mass is 431 g/mol. The molecule has 1 fully saturated rings. The number of aromatic nitrogens is 2. The first-order chi connectivity index (χ1) is 14.3. The van der Waals surface area contributed by atoms with Crippen molar-refractivity contribution < 1.29 is 21.5 Å². The van der Waals surface area contributed by atoms with E-state index < -0.39 is 21.0 Å². The molecule has 0 spiro atoms. The van der Waals surface area contributed by atoms with E-state index in [1.54, 1.807) is 4.90 Å². The molecule has 9 heteroatoms. The molecule has 2 aromatic heterocycles. The zero-order valence-electron chi connectivity index (χ0n) is 16.6. The van der Waals surface area contributed by atoms with Gasteiger partial charge in [-0.2, -0.15) is 8.42 Å². The number of likely N-dealkylation sites (tertiary alicyclic amines) is 1. The molecule has 1 unspecified atom stereocenters. The number of rotatable bonds is 5. The Morgan fingerprint density at radius 2 is 2.03 bits per heavy atom. The van der Waals surface area contributed by atoms with Gasteiger partial charge < -0.3 is 14.3 Å². The van der Waals surface area contributed by atoms with Gasteiger partial charge in [-0.05, 0) is 18.9 Å². The van der Waals surface area contributed by atoms with Crippen LogP contribution in [0.4, 0.5) is 3.89 Å². The zero-order chi connectivity index (χ0) is 21.5. The van der Waals surface area contributed by atoms with Gasteiger partial charge in [0, 0.05) is 24.2 Å². The van der Waals surface area contributed by atoms with Crippen LogP contribution >= 0.6 is 0 Å². The SMILES string of the molecule is CC(C)c1oc(C2CCCN2C(=O)c2cc(S(=O)(=O)F)c[nH]2)nc1-c1ccccc1. The molecule has 7 nitrogen and oxygen atoms in total. The van der Waals surface area contributed by atoms with Gasteiger partial charge in [-0.1, -0.05) is 44.2 Å². The molecule has 158 valence electrons. The summed E-state index contributed by atoms with van der Waals surface area (Å²) < 4.78 is 41.5. The standard InChI is InChI=1S/C21H22FN3O4S/c1-13(2)19-18(14-7-4-3-5-8-14)24-20(29-19)17-9-6-10-25(17)21(26)16-11-15(12-23-16)30(22,27)28/h3-5,7-8,11-13,17,23H,6,9-10H2,1-2H3. The molecular weight excluding hydrogens is 409 g/mol. The molecule has 1 aromatic carbocycles. The third kappa shape index (κ3) is 3.77. The number of halogens is 1. The molecule has 1 saturated heterocycles. The number of nitrogens with one attached hydrogen (secondary N) is 1. The average Bonchev–Trinajstić information content (AvgIpc) is 3.46. The summed E-state index contributed by atoms with van der Waals surface area (Å²) >= 11 is 0. The minimum absolute atomic E-state index is 0.0112. The van der Waals surface area contributed by atoms with E-state index in [0.29, 0.717) is 18.9 Å². The van der Waals surface area contributed by atoms with Crippen LogP contribution in [0.25, 0.3) is 11.3 Å². The van der Waals surface area contributed by atoms with Crippen molar-refractivity contribution in [3.8, 4) is 11.3 Å². The number of carbonyl (C=O) groups is 1. The first kappa shape index (κ1) is 20.3. The Labute approximate surface area is 174 Å². The Morgan fingerprint density at radius 1 is 1.30 bits per heavy atom. The highest BCUT2D eigenvalue weighted by Gasteiger charge is 2.36. The summed E-state index contributed by atoms with van der Waals surface area (Å²) in [4.78, 5) is 21.3. The maximum atomic E-state index is 13.2. The second-order valence-corrected chi connectivity index (χ2v) is 8.98. The lowest BCUT2D eigenvalue weighted by molar-refractivity contribution is 0.0709. The van der Waals surface area contributed by atoms with Crippen LogP contribution in [0.2, 0.25) is 0 Å². The van der Waals surface area contributed by atoms with Gasteiger partial charge in [-0.3, -0.25) is 4.79 Å². The molecule has 1 aliphatic heterocycles. The fraction of sp³-hybridized carbons (Fsp3) is 0.333. The molecule has 30 heavy (non-hydrogen) atoms. The van der Waals surface area contributed by atoms with Crippen LogP contribution in [0, 0.1) is 0 Å². The third-order valence-electron chi connectivity index (χ3n) is 5.21. The summed E-state index contributed by atoms with van der Waals surface area (Å²) in [5.74, 6) is 0.889. The number of H-pyrrole nitrogens is 1. The molecule has 3 aromatic rings. The summed E-state index contributed by atoms with van der Waals surface area (Å²) in [7, 11) is -4.88. The molecule has 0 aliphatic carbocycles. The van der Waals surface area contributed by atoms with Crippen molar-refractivity contribution >= 4 is 16.1 Å². The van der Waals surface area contributed by atoms with E-state index in [0.717, 1.165) is 35.7 Å². The number of oxazole rings is 1. The van der Waals surface area contributed by atoms with Crippen molar-refractivity contribution in [3.63, 3.8) is 0 Å².